The summed E-state index contributed by atoms with van der Waals surface area (Å²) in [6, 6.07) is 10.2. The maximum absolute atomic E-state index is 4.73. The number of hydrogen-bond acceptors (Lipinski definition) is 3. The average Bonchev–Trinajstić information content (AvgIpc) is 2.86. The van der Waals surface area contributed by atoms with E-state index in [2.05, 4.69) is 63.0 Å². The zero-order valence-electron chi connectivity index (χ0n) is 14.3. The van der Waals surface area contributed by atoms with Gasteiger partial charge in [-0.3, -0.25) is 4.40 Å². The SMILES string of the molecule is Cc1ccn2c(N=Nc3cccc(C)c3C)c(C(C)C)nc2c1. The predicted octanol–water partition coefficient (Wildman–Crippen LogP) is 5.80. The van der Waals surface area contributed by atoms with E-state index >= 15 is 0 Å². The Morgan fingerprint density at radius 3 is 2.57 bits per heavy atom. The minimum atomic E-state index is 0.294. The van der Waals surface area contributed by atoms with Crippen LogP contribution in [-0.2, 0) is 0 Å². The predicted molar refractivity (Wildman–Crippen MR) is 94.1 cm³/mol. The number of aryl methyl sites for hydroxylation is 2. The molecule has 2 heterocycles. The molecule has 0 aliphatic carbocycles. The Balaban J connectivity index is 2.13. The van der Waals surface area contributed by atoms with E-state index in [0.717, 1.165) is 28.4 Å². The van der Waals surface area contributed by atoms with E-state index < -0.39 is 0 Å². The highest BCUT2D eigenvalue weighted by Crippen LogP contribution is 2.30. The lowest BCUT2D eigenvalue weighted by Gasteiger charge is -2.04. The van der Waals surface area contributed by atoms with E-state index in [0.29, 0.717) is 5.92 Å². The molecule has 0 N–H and O–H groups in total. The molecule has 3 rings (SSSR count). The first-order chi connectivity index (χ1) is 11.0. The third kappa shape index (κ3) is 2.89. The number of imidazole rings is 1. The summed E-state index contributed by atoms with van der Waals surface area (Å²) in [6.07, 6.45) is 2.01. The number of nitrogens with zero attached hydrogens (tertiary/aromatic N) is 4. The number of azo groups is 1. The van der Waals surface area contributed by atoms with Gasteiger partial charge < -0.3 is 0 Å². The zero-order chi connectivity index (χ0) is 16.6. The molecule has 0 radical (unpaired) electrons. The largest absolute Gasteiger partial charge is 0.283 e. The van der Waals surface area contributed by atoms with Crippen molar-refractivity contribution in [2.24, 2.45) is 10.2 Å². The van der Waals surface area contributed by atoms with E-state index in [-0.39, 0.29) is 0 Å². The molecule has 118 valence electrons. The molecule has 0 atom stereocenters. The number of aromatic nitrogens is 2. The van der Waals surface area contributed by atoms with Gasteiger partial charge in [0.15, 0.2) is 5.82 Å². The van der Waals surface area contributed by atoms with Crippen LogP contribution < -0.4 is 0 Å². The molecule has 1 aromatic carbocycles. The van der Waals surface area contributed by atoms with E-state index in [1.165, 1.54) is 11.1 Å². The van der Waals surface area contributed by atoms with Gasteiger partial charge in [-0.1, -0.05) is 26.0 Å². The van der Waals surface area contributed by atoms with Crippen molar-refractivity contribution >= 4 is 17.2 Å². The standard InChI is InChI=1S/C19H22N4/c1-12(2)18-19(23-10-9-13(3)11-17(23)20-18)22-21-16-8-6-7-14(4)15(16)5/h6-12H,1-5H3. The van der Waals surface area contributed by atoms with Gasteiger partial charge in [0.1, 0.15) is 5.65 Å². The summed E-state index contributed by atoms with van der Waals surface area (Å²) in [5.74, 6) is 1.11. The number of hydrogen-bond donors (Lipinski definition) is 0. The van der Waals surface area contributed by atoms with Crippen LogP contribution in [0.4, 0.5) is 11.5 Å². The first kappa shape index (κ1) is 15.4. The van der Waals surface area contributed by atoms with Crippen molar-refractivity contribution in [1.82, 2.24) is 9.38 Å². The van der Waals surface area contributed by atoms with Crippen molar-refractivity contribution in [3.05, 3.63) is 58.9 Å². The zero-order valence-corrected chi connectivity index (χ0v) is 14.3. The molecule has 4 heteroatoms. The maximum atomic E-state index is 4.73. The summed E-state index contributed by atoms with van der Waals surface area (Å²) in [5.41, 5.74) is 6.37. The Hall–Kier alpha value is -2.49. The molecule has 0 saturated carbocycles. The van der Waals surface area contributed by atoms with Crippen molar-refractivity contribution < 1.29 is 0 Å². The summed E-state index contributed by atoms with van der Waals surface area (Å²) in [4.78, 5) is 4.73. The fraction of sp³-hybridized carbons (Fsp3) is 0.316. The number of benzene rings is 1. The second-order valence-electron chi connectivity index (χ2n) is 6.33. The van der Waals surface area contributed by atoms with Crippen LogP contribution in [-0.4, -0.2) is 9.38 Å². The Kier molecular flexibility index (Phi) is 3.99. The van der Waals surface area contributed by atoms with Crippen LogP contribution in [0.25, 0.3) is 5.65 Å². The van der Waals surface area contributed by atoms with Gasteiger partial charge >= 0.3 is 0 Å². The van der Waals surface area contributed by atoms with Crippen LogP contribution >= 0.6 is 0 Å². The highest BCUT2D eigenvalue weighted by atomic mass is 15.2. The first-order valence-electron chi connectivity index (χ1n) is 7.94. The monoisotopic (exact) mass is 306 g/mol. The van der Waals surface area contributed by atoms with E-state index in [9.17, 15) is 0 Å². The first-order valence-corrected chi connectivity index (χ1v) is 7.94. The summed E-state index contributed by atoms with van der Waals surface area (Å²) >= 11 is 0. The third-order valence-electron chi connectivity index (χ3n) is 4.16. The quantitative estimate of drug-likeness (QED) is 0.564. The molecule has 23 heavy (non-hydrogen) atoms. The van der Waals surface area contributed by atoms with Crippen LogP contribution in [0, 0.1) is 20.8 Å². The highest BCUT2D eigenvalue weighted by Gasteiger charge is 2.15. The van der Waals surface area contributed by atoms with Gasteiger partial charge in [-0.2, -0.15) is 0 Å². The van der Waals surface area contributed by atoms with Crippen LogP contribution in [0.1, 0.15) is 42.1 Å². The number of rotatable bonds is 3. The molecule has 0 fully saturated rings. The van der Waals surface area contributed by atoms with Gasteiger partial charge in [0.2, 0.25) is 0 Å². The molecule has 2 aromatic heterocycles. The molecular weight excluding hydrogens is 284 g/mol. The lowest BCUT2D eigenvalue weighted by atomic mass is 10.1. The van der Waals surface area contributed by atoms with Gasteiger partial charge in [-0.15, -0.1) is 10.2 Å². The van der Waals surface area contributed by atoms with Crippen LogP contribution in [0.5, 0.6) is 0 Å². The summed E-state index contributed by atoms with van der Waals surface area (Å²) in [7, 11) is 0. The molecule has 0 unspecified atom stereocenters. The molecule has 0 amide bonds. The van der Waals surface area contributed by atoms with Crippen LogP contribution in [0.15, 0.2) is 46.8 Å². The van der Waals surface area contributed by atoms with Crippen molar-refractivity contribution in [1.29, 1.82) is 0 Å². The van der Waals surface area contributed by atoms with Gasteiger partial charge in [0.25, 0.3) is 0 Å². The Bertz CT molecular complexity index is 888. The molecule has 0 aliphatic heterocycles. The van der Waals surface area contributed by atoms with E-state index in [1.807, 2.05) is 22.7 Å². The highest BCUT2D eigenvalue weighted by molar-refractivity contribution is 5.55. The van der Waals surface area contributed by atoms with Crippen molar-refractivity contribution in [2.75, 3.05) is 0 Å². The molecule has 3 aromatic rings. The third-order valence-corrected chi connectivity index (χ3v) is 4.16. The normalized spacial score (nSPS) is 11.9. The van der Waals surface area contributed by atoms with Gasteiger partial charge in [-0.25, -0.2) is 4.98 Å². The van der Waals surface area contributed by atoms with Crippen molar-refractivity contribution in [3.8, 4) is 0 Å². The Labute approximate surface area is 136 Å². The minimum Gasteiger partial charge on any atom is -0.283 e. The molecule has 0 bridgehead atoms. The van der Waals surface area contributed by atoms with Gasteiger partial charge in [0.05, 0.1) is 11.4 Å². The average molecular weight is 306 g/mol. The smallest absolute Gasteiger partial charge is 0.183 e. The molecule has 0 saturated heterocycles. The fourth-order valence-electron chi connectivity index (χ4n) is 2.58. The maximum Gasteiger partial charge on any atom is 0.183 e. The summed E-state index contributed by atoms with van der Waals surface area (Å²) < 4.78 is 2.01. The molecule has 4 nitrogen and oxygen atoms in total. The molecular formula is C19H22N4. The fourth-order valence-corrected chi connectivity index (χ4v) is 2.58. The minimum absolute atomic E-state index is 0.294. The number of fused-ring (bicyclic) bond motifs is 1. The van der Waals surface area contributed by atoms with E-state index in [1.54, 1.807) is 0 Å². The second-order valence-corrected chi connectivity index (χ2v) is 6.33. The second kappa shape index (κ2) is 5.95. The molecule has 0 spiro atoms. The van der Waals surface area contributed by atoms with Crippen LogP contribution in [0.3, 0.4) is 0 Å². The summed E-state index contributed by atoms with van der Waals surface area (Å²) in [5, 5.41) is 9.03. The van der Waals surface area contributed by atoms with Gasteiger partial charge in [0, 0.05) is 6.20 Å². The Morgan fingerprint density at radius 2 is 1.83 bits per heavy atom. The van der Waals surface area contributed by atoms with Crippen molar-refractivity contribution in [2.45, 2.75) is 40.5 Å². The lowest BCUT2D eigenvalue weighted by molar-refractivity contribution is 0.831. The van der Waals surface area contributed by atoms with Gasteiger partial charge in [-0.05, 0) is 61.6 Å². The summed E-state index contributed by atoms with van der Waals surface area (Å²) in [6.45, 7) is 10.5. The van der Waals surface area contributed by atoms with E-state index in [4.69, 9.17) is 4.98 Å². The topological polar surface area (TPSA) is 42.0 Å². The van der Waals surface area contributed by atoms with Crippen molar-refractivity contribution in [3.63, 3.8) is 0 Å². The number of pyridine rings is 1. The Morgan fingerprint density at radius 1 is 1.04 bits per heavy atom. The van der Waals surface area contributed by atoms with Crippen LogP contribution in [0.2, 0.25) is 0 Å². The lowest BCUT2D eigenvalue weighted by Crippen LogP contribution is -1.88. The molecule has 0 aliphatic rings.